The summed E-state index contributed by atoms with van der Waals surface area (Å²) in [5.74, 6) is -0.264. The number of nitrogens with zero attached hydrogens (tertiary/aromatic N) is 1. The van der Waals surface area contributed by atoms with Crippen molar-refractivity contribution < 1.29 is 4.39 Å². The highest BCUT2D eigenvalue weighted by Gasteiger charge is 1.94. The van der Waals surface area contributed by atoms with Crippen molar-refractivity contribution in [3.05, 3.63) is 30.1 Å². The quantitative estimate of drug-likeness (QED) is 0.541. The fourth-order valence-corrected chi connectivity index (χ4v) is 0.633. The molecule has 0 aromatic heterocycles. The fraction of sp³-hybridized carbons (Fsp3) is 0.143. The Bertz CT molecular complexity index is 198. The van der Waals surface area contributed by atoms with Gasteiger partial charge in [0.1, 0.15) is 5.82 Å². The highest BCUT2D eigenvalue weighted by molar-refractivity contribution is 5.36. The van der Waals surface area contributed by atoms with E-state index in [1.54, 1.807) is 25.2 Å². The van der Waals surface area contributed by atoms with Crippen LogP contribution in [-0.4, -0.2) is 7.05 Å². The van der Waals surface area contributed by atoms with E-state index in [2.05, 4.69) is 5.32 Å². The van der Waals surface area contributed by atoms with Gasteiger partial charge >= 0.3 is 0 Å². The van der Waals surface area contributed by atoms with Gasteiger partial charge in [-0.15, -0.1) is 0 Å². The number of halogens is 1. The maximum atomic E-state index is 12.5. The number of para-hydroxylation sites is 1. The SMILES string of the molecule is C[N]c1ccccc1F. The van der Waals surface area contributed by atoms with Crippen LogP contribution in [-0.2, 0) is 0 Å². The Kier molecular flexibility index (Phi) is 1.68. The zero-order chi connectivity index (χ0) is 6.69. The molecular weight excluding hydrogens is 117 g/mol. The molecule has 1 radical (unpaired) electrons. The molecule has 0 saturated heterocycles. The van der Waals surface area contributed by atoms with E-state index >= 15 is 0 Å². The van der Waals surface area contributed by atoms with Gasteiger partial charge < -0.3 is 0 Å². The molecule has 1 aromatic carbocycles. The molecule has 1 rings (SSSR count). The lowest BCUT2D eigenvalue weighted by Crippen LogP contribution is -1.88. The minimum Gasteiger partial charge on any atom is -0.286 e. The largest absolute Gasteiger partial charge is 0.286 e. The third-order valence-corrected chi connectivity index (χ3v) is 1.09. The first-order chi connectivity index (χ1) is 4.34. The topological polar surface area (TPSA) is 14.1 Å². The molecule has 0 spiro atoms. The van der Waals surface area contributed by atoms with Crippen LogP contribution in [0.2, 0.25) is 0 Å². The molecule has 2 heteroatoms. The van der Waals surface area contributed by atoms with Gasteiger partial charge in [0, 0.05) is 7.05 Å². The van der Waals surface area contributed by atoms with Gasteiger partial charge in [-0.3, -0.25) is 5.32 Å². The van der Waals surface area contributed by atoms with E-state index in [1.807, 2.05) is 0 Å². The number of rotatable bonds is 1. The molecule has 1 nitrogen and oxygen atoms in total. The van der Waals surface area contributed by atoms with Crippen LogP contribution in [0.1, 0.15) is 0 Å². The molecule has 0 amide bonds. The second-order valence-electron chi connectivity index (χ2n) is 1.68. The van der Waals surface area contributed by atoms with Gasteiger partial charge in [0.15, 0.2) is 0 Å². The summed E-state index contributed by atoms with van der Waals surface area (Å²) in [4.78, 5) is 0. The summed E-state index contributed by atoms with van der Waals surface area (Å²) < 4.78 is 12.5. The van der Waals surface area contributed by atoms with E-state index in [9.17, 15) is 4.39 Å². The second kappa shape index (κ2) is 2.49. The van der Waals surface area contributed by atoms with Crippen LogP contribution in [0, 0.1) is 5.82 Å². The second-order valence-corrected chi connectivity index (χ2v) is 1.68. The van der Waals surface area contributed by atoms with Crippen LogP contribution in [0.15, 0.2) is 24.3 Å². The van der Waals surface area contributed by atoms with Crippen LogP contribution in [0.3, 0.4) is 0 Å². The van der Waals surface area contributed by atoms with Crippen molar-refractivity contribution in [3.8, 4) is 0 Å². The van der Waals surface area contributed by atoms with Gasteiger partial charge in [-0.25, -0.2) is 4.39 Å². The van der Waals surface area contributed by atoms with Crippen molar-refractivity contribution in [2.45, 2.75) is 0 Å². The average Bonchev–Trinajstić information content (AvgIpc) is 1.89. The monoisotopic (exact) mass is 124 g/mol. The van der Waals surface area contributed by atoms with Crippen molar-refractivity contribution in [3.63, 3.8) is 0 Å². The van der Waals surface area contributed by atoms with Gasteiger partial charge in [0.25, 0.3) is 0 Å². The molecule has 0 unspecified atom stereocenters. The Labute approximate surface area is 53.5 Å². The van der Waals surface area contributed by atoms with Crippen LogP contribution >= 0.6 is 0 Å². The summed E-state index contributed by atoms with van der Waals surface area (Å²) in [6.07, 6.45) is 0. The molecule has 0 aliphatic carbocycles. The molecule has 0 heterocycles. The first-order valence-corrected chi connectivity index (χ1v) is 2.69. The zero-order valence-electron chi connectivity index (χ0n) is 5.13. The number of hydrogen-bond donors (Lipinski definition) is 0. The molecule has 0 N–H and O–H groups in total. The van der Waals surface area contributed by atoms with Gasteiger partial charge in [-0.1, -0.05) is 12.1 Å². The molecule has 47 valence electrons. The standard InChI is InChI=1S/C7H7FN/c1-9-7-5-3-2-4-6(7)8/h2-5H,1H3. The molecule has 9 heavy (non-hydrogen) atoms. The summed E-state index contributed by atoms with van der Waals surface area (Å²) in [6, 6.07) is 6.42. The predicted molar refractivity (Wildman–Crippen MR) is 34.1 cm³/mol. The molecule has 0 aliphatic rings. The molecule has 0 saturated carbocycles. The maximum absolute atomic E-state index is 12.5. The lowest BCUT2D eigenvalue weighted by molar-refractivity contribution is 0.622. The third-order valence-electron chi connectivity index (χ3n) is 1.09. The Morgan fingerprint density at radius 2 is 2.00 bits per heavy atom. The molecule has 0 aliphatic heterocycles. The summed E-state index contributed by atoms with van der Waals surface area (Å²) in [5, 5.41) is 3.70. The molecule has 1 aromatic rings. The van der Waals surface area contributed by atoms with Gasteiger partial charge in [0.2, 0.25) is 0 Å². The molecule has 0 bridgehead atoms. The minimum atomic E-state index is -0.264. The van der Waals surface area contributed by atoms with Crippen molar-refractivity contribution >= 4 is 5.69 Å². The van der Waals surface area contributed by atoms with Crippen LogP contribution in [0.25, 0.3) is 0 Å². The summed E-state index contributed by atoms with van der Waals surface area (Å²) in [7, 11) is 1.57. The van der Waals surface area contributed by atoms with Crippen molar-refractivity contribution in [1.29, 1.82) is 0 Å². The van der Waals surface area contributed by atoms with Crippen molar-refractivity contribution in [1.82, 2.24) is 5.32 Å². The zero-order valence-corrected chi connectivity index (χ0v) is 5.13. The summed E-state index contributed by atoms with van der Waals surface area (Å²) in [5.41, 5.74) is 0.414. The molecule has 0 fully saturated rings. The Hall–Kier alpha value is -1.05. The van der Waals surface area contributed by atoms with Gasteiger partial charge in [0.05, 0.1) is 5.69 Å². The van der Waals surface area contributed by atoms with Crippen LogP contribution in [0.4, 0.5) is 10.1 Å². The fourth-order valence-electron chi connectivity index (χ4n) is 0.633. The van der Waals surface area contributed by atoms with E-state index in [0.717, 1.165) is 0 Å². The Morgan fingerprint density at radius 3 is 2.44 bits per heavy atom. The lowest BCUT2D eigenvalue weighted by Gasteiger charge is -1.95. The van der Waals surface area contributed by atoms with Gasteiger partial charge in [-0.2, -0.15) is 0 Å². The number of benzene rings is 1. The number of hydrogen-bond acceptors (Lipinski definition) is 0. The first kappa shape index (κ1) is 6.08. The van der Waals surface area contributed by atoms with Crippen molar-refractivity contribution in [2.75, 3.05) is 7.05 Å². The Morgan fingerprint density at radius 1 is 1.33 bits per heavy atom. The van der Waals surface area contributed by atoms with Crippen molar-refractivity contribution in [2.24, 2.45) is 0 Å². The van der Waals surface area contributed by atoms with E-state index in [4.69, 9.17) is 0 Å². The lowest BCUT2D eigenvalue weighted by atomic mass is 10.3. The highest BCUT2D eigenvalue weighted by Crippen LogP contribution is 2.10. The maximum Gasteiger partial charge on any atom is 0.148 e. The van der Waals surface area contributed by atoms with Gasteiger partial charge in [-0.05, 0) is 12.1 Å². The summed E-state index contributed by atoms with van der Waals surface area (Å²) >= 11 is 0. The average molecular weight is 124 g/mol. The highest BCUT2D eigenvalue weighted by atomic mass is 19.1. The minimum absolute atomic E-state index is 0.264. The Balaban J connectivity index is 3.01. The van der Waals surface area contributed by atoms with E-state index in [-0.39, 0.29) is 5.82 Å². The normalized spacial score (nSPS) is 9.11. The molecule has 0 atom stereocenters. The van der Waals surface area contributed by atoms with E-state index < -0.39 is 0 Å². The molecular formula is C7H7FN. The first-order valence-electron chi connectivity index (χ1n) is 2.69. The van der Waals surface area contributed by atoms with E-state index in [0.29, 0.717) is 5.69 Å². The van der Waals surface area contributed by atoms with Crippen LogP contribution < -0.4 is 5.32 Å². The predicted octanol–water partition coefficient (Wildman–Crippen LogP) is 1.69. The van der Waals surface area contributed by atoms with E-state index in [1.165, 1.54) is 6.07 Å². The summed E-state index contributed by atoms with van der Waals surface area (Å²) in [6.45, 7) is 0. The van der Waals surface area contributed by atoms with Crippen LogP contribution in [0.5, 0.6) is 0 Å². The third kappa shape index (κ3) is 1.19. The smallest absolute Gasteiger partial charge is 0.148 e.